The van der Waals surface area contributed by atoms with Gasteiger partial charge < -0.3 is 15.2 Å². The van der Waals surface area contributed by atoms with E-state index in [2.05, 4.69) is 10.2 Å². The molecule has 22 heavy (non-hydrogen) atoms. The summed E-state index contributed by atoms with van der Waals surface area (Å²) in [5.74, 6) is -0.182. The first-order valence-electron chi connectivity index (χ1n) is 6.89. The summed E-state index contributed by atoms with van der Waals surface area (Å²) in [6.45, 7) is 2.91. The minimum atomic E-state index is -0.431. The molecule has 2 heterocycles. The molecule has 1 saturated heterocycles. The maximum absolute atomic E-state index is 14.0. The fraction of sp³-hybridized carbons (Fsp3) is 0.333. The Bertz CT molecular complexity index is 705. The number of rotatable bonds is 3. The number of hydrogen-bond donors (Lipinski definition) is 1. The summed E-state index contributed by atoms with van der Waals surface area (Å²) in [7, 11) is 0. The van der Waals surface area contributed by atoms with Crippen molar-refractivity contribution in [3.05, 3.63) is 34.6 Å². The maximum atomic E-state index is 14.0. The highest BCUT2D eigenvalue weighted by Gasteiger charge is 2.22. The van der Waals surface area contributed by atoms with Crippen LogP contribution in [0.1, 0.15) is 12.0 Å². The van der Waals surface area contributed by atoms with Gasteiger partial charge in [0.1, 0.15) is 23.3 Å². The fourth-order valence-electron chi connectivity index (χ4n) is 2.30. The monoisotopic (exact) mass is 323 g/mol. The summed E-state index contributed by atoms with van der Waals surface area (Å²) in [4.78, 5) is 0. The van der Waals surface area contributed by atoms with Crippen molar-refractivity contribution in [2.75, 3.05) is 18.9 Å². The molecule has 0 spiro atoms. The average Bonchev–Trinajstić information content (AvgIpc) is 3.00. The molecule has 1 atom stereocenters. The highest BCUT2D eigenvalue weighted by molar-refractivity contribution is 6.30. The first-order chi connectivity index (χ1) is 10.6. The van der Waals surface area contributed by atoms with Gasteiger partial charge in [-0.1, -0.05) is 11.6 Å². The summed E-state index contributed by atoms with van der Waals surface area (Å²) >= 11 is 5.92. The molecule has 1 unspecified atom stereocenters. The quantitative estimate of drug-likeness (QED) is 0.940. The van der Waals surface area contributed by atoms with Gasteiger partial charge in [0.25, 0.3) is 5.88 Å². The molecule has 3 rings (SSSR count). The van der Waals surface area contributed by atoms with Crippen LogP contribution in [0.4, 0.5) is 10.1 Å². The number of nitrogens with two attached hydrogens (primary N) is 1. The van der Waals surface area contributed by atoms with Crippen LogP contribution in [0.15, 0.2) is 18.2 Å². The lowest BCUT2D eigenvalue weighted by Gasteiger charge is -2.15. The highest BCUT2D eigenvalue weighted by atomic mass is 35.5. The number of nitrogens with zero attached hydrogens (tertiary/aromatic N) is 2. The zero-order valence-corrected chi connectivity index (χ0v) is 12.7. The number of halogens is 2. The third-order valence-electron chi connectivity index (χ3n) is 3.58. The van der Waals surface area contributed by atoms with Crippen LogP contribution in [-0.2, 0) is 4.74 Å². The number of nitrogen functional groups attached to an aromatic ring is 1. The summed E-state index contributed by atoms with van der Waals surface area (Å²) in [6.07, 6.45) is 0.704. The van der Waals surface area contributed by atoms with Crippen molar-refractivity contribution in [2.45, 2.75) is 19.4 Å². The number of aromatic nitrogens is 2. The molecule has 7 heteroatoms. The van der Waals surface area contributed by atoms with E-state index >= 15 is 0 Å². The predicted octanol–water partition coefficient (Wildman–Crippen LogP) is 2.99. The molecule has 1 aromatic heterocycles. The molecule has 0 radical (unpaired) electrons. The minimum absolute atomic E-state index is 0.0789. The first kappa shape index (κ1) is 15.0. The van der Waals surface area contributed by atoms with Gasteiger partial charge >= 0.3 is 0 Å². The molecular weight excluding hydrogens is 309 g/mol. The van der Waals surface area contributed by atoms with Crippen molar-refractivity contribution in [1.29, 1.82) is 0 Å². The van der Waals surface area contributed by atoms with E-state index in [-0.39, 0.29) is 17.5 Å². The summed E-state index contributed by atoms with van der Waals surface area (Å²) in [5, 5.41) is 8.46. The van der Waals surface area contributed by atoms with E-state index in [0.717, 1.165) is 6.42 Å². The molecule has 5 nitrogen and oxygen atoms in total. The van der Waals surface area contributed by atoms with Crippen LogP contribution in [-0.4, -0.2) is 29.5 Å². The van der Waals surface area contributed by atoms with Crippen LogP contribution in [0, 0.1) is 12.7 Å². The Morgan fingerprint density at radius 3 is 2.95 bits per heavy atom. The van der Waals surface area contributed by atoms with E-state index in [9.17, 15) is 4.39 Å². The zero-order chi connectivity index (χ0) is 15.7. The topological polar surface area (TPSA) is 70.3 Å². The van der Waals surface area contributed by atoms with Crippen LogP contribution in [0.25, 0.3) is 11.3 Å². The van der Waals surface area contributed by atoms with Crippen LogP contribution >= 0.6 is 11.6 Å². The van der Waals surface area contributed by atoms with Gasteiger partial charge in [0.15, 0.2) is 0 Å². The molecule has 0 bridgehead atoms. The molecule has 1 aromatic carbocycles. The molecule has 1 fully saturated rings. The number of benzene rings is 1. The number of ether oxygens (including phenoxy) is 2. The van der Waals surface area contributed by atoms with Crippen molar-refractivity contribution in [2.24, 2.45) is 0 Å². The van der Waals surface area contributed by atoms with Gasteiger partial charge in [0.2, 0.25) is 0 Å². The largest absolute Gasteiger partial charge is 0.469 e. The smallest absolute Gasteiger partial charge is 0.257 e. The van der Waals surface area contributed by atoms with E-state index in [1.807, 2.05) is 0 Å². The molecule has 0 saturated carbocycles. The Labute approximate surface area is 132 Å². The number of hydrogen-bond acceptors (Lipinski definition) is 5. The molecule has 1 aliphatic heterocycles. The van der Waals surface area contributed by atoms with Crippen LogP contribution in [0.5, 0.6) is 5.88 Å². The Hall–Kier alpha value is -1.92. The lowest BCUT2D eigenvalue weighted by Crippen LogP contribution is -2.18. The first-order valence-corrected chi connectivity index (χ1v) is 7.26. The van der Waals surface area contributed by atoms with E-state index in [4.69, 9.17) is 26.8 Å². The van der Waals surface area contributed by atoms with Gasteiger partial charge in [-0.3, -0.25) is 0 Å². The van der Waals surface area contributed by atoms with E-state index < -0.39 is 5.82 Å². The second kappa shape index (κ2) is 6.06. The van der Waals surface area contributed by atoms with Crippen LogP contribution in [0.2, 0.25) is 5.02 Å². The molecule has 1 aliphatic rings. The van der Waals surface area contributed by atoms with Gasteiger partial charge in [0.05, 0.1) is 13.2 Å². The molecule has 0 amide bonds. The van der Waals surface area contributed by atoms with Gasteiger partial charge in [-0.05, 0) is 25.1 Å². The Kier molecular flexibility index (Phi) is 4.13. The van der Waals surface area contributed by atoms with Crippen molar-refractivity contribution in [3.8, 4) is 17.1 Å². The van der Waals surface area contributed by atoms with Crippen molar-refractivity contribution >= 4 is 17.3 Å². The second-order valence-electron chi connectivity index (χ2n) is 5.12. The molecule has 2 aromatic rings. The van der Waals surface area contributed by atoms with Crippen LogP contribution < -0.4 is 10.5 Å². The van der Waals surface area contributed by atoms with Gasteiger partial charge in [-0.25, -0.2) is 4.39 Å². The minimum Gasteiger partial charge on any atom is -0.469 e. The molecular formula is C15H15ClFN3O2. The lowest BCUT2D eigenvalue weighted by molar-refractivity contribution is 0.138. The van der Waals surface area contributed by atoms with E-state index in [1.165, 1.54) is 18.2 Å². The molecule has 116 valence electrons. The predicted molar refractivity (Wildman–Crippen MR) is 81.4 cm³/mol. The zero-order valence-electron chi connectivity index (χ0n) is 12.0. The van der Waals surface area contributed by atoms with Crippen molar-refractivity contribution in [1.82, 2.24) is 10.2 Å². The van der Waals surface area contributed by atoms with Gasteiger partial charge in [-0.15, -0.1) is 10.2 Å². The fourth-order valence-corrected chi connectivity index (χ4v) is 2.47. The molecule has 2 N–H and O–H groups in total. The number of anilines is 1. The van der Waals surface area contributed by atoms with E-state index in [1.54, 1.807) is 6.92 Å². The Balaban J connectivity index is 1.97. The standard InChI is InChI=1S/C15H15ClFN3O2/c1-8-13(18)15(22-10-4-5-21-7-10)20-19-14(8)11-6-9(16)2-3-12(11)17/h2-3,6,10H,4-5,7H2,1H3,(H2,18,19). The SMILES string of the molecule is Cc1c(-c2cc(Cl)ccc2F)nnc(OC2CCOC2)c1N. The summed E-state index contributed by atoms with van der Waals surface area (Å²) < 4.78 is 24.9. The maximum Gasteiger partial charge on any atom is 0.257 e. The van der Waals surface area contributed by atoms with Gasteiger partial charge in [0, 0.05) is 22.6 Å². The third-order valence-corrected chi connectivity index (χ3v) is 3.82. The summed E-state index contributed by atoms with van der Waals surface area (Å²) in [5.41, 5.74) is 7.63. The van der Waals surface area contributed by atoms with Crippen molar-refractivity contribution in [3.63, 3.8) is 0 Å². The third kappa shape index (κ3) is 2.84. The van der Waals surface area contributed by atoms with Crippen molar-refractivity contribution < 1.29 is 13.9 Å². The second-order valence-corrected chi connectivity index (χ2v) is 5.56. The van der Waals surface area contributed by atoms with Gasteiger partial charge in [-0.2, -0.15) is 0 Å². The highest BCUT2D eigenvalue weighted by Crippen LogP contribution is 2.33. The Morgan fingerprint density at radius 2 is 2.23 bits per heavy atom. The van der Waals surface area contributed by atoms with Crippen LogP contribution in [0.3, 0.4) is 0 Å². The Morgan fingerprint density at radius 1 is 1.41 bits per heavy atom. The van der Waals surface area contributed by atoms with E-state index in [0.29, 0.717) is 35.2 Å². The lowest BCUT2D eigenvalue weighted by atomic mass is 10.1. The normalized spacial score (nSPS) is 17.7. The summed E-state index contributed by atoms with van der Waals surface area (Å²) in [6, 6.07) is 4.26. The molecule has 0 aliphatic carbocycles. The average molecular weight is 324 g/mol.